The van der Waals surface area contributed by atoms with Crippen molar-refractivity contribution in [3.8, 4) is 11.5 Å². The van der Waals surface area contributed by atoms with Crippen molar-refractivity contribution in [1.82, 2.24) is 4.90 Å². The summed E-state index contributed by atoms with van der Waals surface area (Å²) in [4.78, 5) is 29.6. The van der Waals surface area contributed by atoms with Crippen molar-refractivity contribution in [3.63, 3.8) is 0 Å². The number of rotatable bonds is 5. The molecule has 1 aliphatic heterocycles. The molecule has 0 fully saturated rings. The molecule has 1 aromatic heterocycles. The Labute approximate surface area is 220 Å². The fourth-order valence-corrected chi connectivity index (χ4v) is 5.29. The van der Waals surface area contributed by atoms with Crippen LogP contribution in [0.3, 0.4) is 0 Å². The molecule has 0 spiro atoms. The first-order valence-corrected chi connectivity index (χ1v) is 12.7. The van der Waals surface area contributed by atoms with E-state index in [2.05, 4.69) is 0 Å². The summed E-state index contributed by atoms with van der Waals surface area (Å²) >= 11 is 0. The van der Waals surface area contributed by atoms with Gasteiger partial charge in [0.15, 0.2) is 5.43 Å². The third-order valence-corrected chi connectivity index (χ3v) is 7.04. The van der Waals surface area contributed by atoms with Crippen LogP contribution < -0.4 is 10.2 Å². The number of carbonyl (C=O) groups is 1. The average Bonchev–Trinajstić information content (AvgIpc) is 3.17. The minimum absolute atomic E-state index is 0.110. The summed E-state index contributed by atoms with van der Waals surface area (Å²) in [6.07, 6.45) is 0. The van der Waals surface area contributed by atoms with Gasteiger partial charge in [-0.05, 0) is 73.4 Å². The van der Waals surface area contributed by atoms with Gasteiger partial charge in [-0.3, -0.25) is 9.59 Å². The number of para-hydroxylation sites is 1. The van der Waals surface area contributed by atoms with Crippen LogP contribution in [0.15, 0.2) is 100 Å². The monoisotopic (exact) mass is 501 g/mol. The van der Waals surface area contributed by atoms with E-state index in [0.717, 1.165) is 27.8 Å². The van der Waals surface area contributed by atoms with Gasteiger partial charge in [-0.15, -0.1) is 0 Å². The Hall–Kier alpha value is -4.64. The van der Waals surface area contributed by atoms with Crippen LogP contribution in [0.25, 0.3) is 11.0 Å². The summed E-state index contributed by atoms with van der Waals surface area (Å²) in [5.74, 6) is 1.15. The van der Waals surface area contributed by atoms with E-state index >= 15 is 0 Å². The third kappa shape index (κ3) is 4.16. The maximum absolute atomic E-state index is 14.0. The molecule has 0 aliphatic carbocycles. The Balaban J connectivity index is 1.52. The minimum Gasteiger partial charge on any atom is -0.457 e. The van der Waals surface area contributed by atoms with Crippen LogP contribution >= 0.6 is 0 Å². The molecule has 2 heterocycles. The van der Waals surface area contributed by atoms with Crippen LogP contribution in [0.4, 0.5) is 0 Å². The molecule has 38 heavy (non-hydrogen) atoms. The summed E-state index contributed by atoms with van der Waals surface area (Å²) in [5, 5.41) is 0.515. The van der Waals surface area contributed by atoms with Gasteiger partial charge in [0, 0.05) is 6.54 Å². The molecular formula is C33H27NO4. The van der Waals surface area contributed by atoms with Gasteiger partial charge in [-0.25, -0.2) is 0 Å². The zero-order chi connectivity index (χ0) is 26.4. The Kier molecular flexibility index (Phi) is 5.84. The van der Waals surface area contributed by atoms with E-state index in [-0.39, 0.29) is 17.1 Å². The van der Waals surface area contributed by atoms with Crippen LogP contribution in [0.2, 0.25) is 0 Å². The number of hydrogen-bond donors (Lipinski definition) is 0. The van der Waals surface area contributed by atoms with Crippen molar-refractivity contribution in [2.45, 2.75) is 33.4 Å². The molecule has 1 unspecified atom stereocenters. The van der Waals surface area contributed by atoms with E-state index < -0.39 is 6.04 Å². The lowest BCUT2D eigenvalue weighted by atomic mass is 9.96. The highest BCUT2D eigenvalue weighted by Gasteiger charge is 2.43. The summed E-state index contributed by atoms with van der Waals surface area (Å²) in [7, 11) is 0. The second-order valence-corrected chi connectivity index (χ2v) is 9.94. The largest absolute Gasteiger partial charge is 0.457 e. The number of carbonyl (C=O) groups excluding carboxylic acids is 1. The van der Waals surface area contributed by atoms with Crippen molar-refractivity contribution < 1.29 is 13.9 Å². The van der Waals surface area contributed by atoms with Crippen LogP contribution in [0, 0.1) is 20.8 Å². The van der Waals surface area contributed by atoms with E-state index in [0.29, 0.717) is 34.6 Å². The first kappa shape index (κ1) is 23.7. The second-order valence-electron chi connectivity index (χ2n) is 9.94. The van der Waals surface area contributed by atoms with E-state index in [1.807, 2.05) is 112 Å². The molecule has 6 rings (SSSR count). The average molecular weight is 502 g/mol. The van der Waals surface area contributed by atoms with Gasteiger partial charge in [0.05, 0.1) is 17.0 Å². The number of fused-ring (bicyclic) bond motifs is 2. The molecule has 5 aromatic rings. The van der Waals surface area contributed by atoms with E-state index in [9.17, 15) is 9.59 Å². The number of amides is 1. The summed E-state index contributed by atoms with van der Waals surface area (Å²) in [6, 6.07) is 28.4. The fourth-order valence-electron chi connectivity index (χ4n) is 5.29. The molecule has 5 nitrogen and oxygen atoms in total. The molecule has 5 heteroatoms. The highest BCUT2D eigenvalue weighted by atomic mass is 16.5. The SMILES string of the molecule is Cc1ccc(CN2C(=O)c3oc4cc(C)cc(C)c4c(=O)c3C2c2cccc(Oc3ccccc3)c2)cc1. The van der Waals surface area contributed by atoms with Crippen molar-refractivity contribution >= 4 is 16.9 Å². The van der Waals surface area contributed by atoms with Gasteiger partial charge in [0.25, 0.3) is 5.91 Å². The molecular weight excluding hydrogens is 474 g/mol. The quantitative estimate of drug-likeness (QED) is 0.254. The van der Waals surface area contributed by atoms with E-state index in [1.54, 1.807) is 4.90 Å². The van der Waals surface area contributed by atoms with E-state index in [1.165, 1.54) is 0 Å². The van der Waals surface area contributed by atoms with Gasteiger partial charge >= 0.3 is 0 Å². The van der Waals surface area contributed by atoms with Crippen LogP contribution in [-0.4, -0.2) is 10.8 Å². The maximum atomic E-state index is 14.0. The van der Waals surface area contributed by atoms with Crippen LogP contribution in [0.1, 0.15) is 50.0 Å². The predicted molar refractivity (Wildman–Crippen MR) is 148 cm³/mol. The Bertz CT molecular complexity index is 1740. The molecule has 1 aliphatic rings. The maximum Gasteiger partial charge on any atom is 0.291 e. The zero-order valence-corrected chi connectivity index (χ0v) is 21.5. The van der Waals surface area contributed by atoms with Crippen molar-refractivity contribution in [3.05, 3.63) is 140 Å². The molecule has 0 saturated carbocycles. The highest BCUT2D eigenvalue weighted by molar-refractivity contribution is 5.99. The number of hydrogen-bond acceptors (Lipinski definition) is 4. The van der Waals surface area contributed by atoms with Gasteiger partial charge in [-0.1, -0.05) is 66.2 Å². The van der Waals surface area contributed by atoms with Crippen molar-refractivity contribution in [2.24, 2.45) is 0 Å². The lowest BCUT2D eigenvalue weighted by molar-refractivity contribution is 0.0714. The topological polar surface area (TPSA) is 59.8 Å². The second kappa shape index (κ2) is 9.34. The molecule has 0 saturated heterocycles. The van der Waals surface area contributed by atoms with E-state index in [4.69, 9.17) is 9.15 Å². The number of benzene rings is 4. The lowest BCUT2D eigenvalue weighted by Crippen LogP contribution is -2.29. The summed E-state index contributed by atoms with van der Waals surface area (Å²) in [5.41, 5.74) is 5.36. The number of nitrogens with zero attached hydrogens (tertiary/aromatic N) is 1. The van der Waals surface area contributed by atoms with Gasteiger partial charge in [-0.2, -0.15) is 0 Å². The zero-order valence-electron chi connectivity index (χ0n) is 21.5. The molecule has 188 valence electrons. The normalized spacial score (nSPS) is 14.7. The van der Waals surface area contributed by atoms with Gasteiger partial charge in [0.2, 0.25) is 5.76 Å². The highest BCUT2D eigenvalue weighted by Crippen LogP contribution is 2.40. The summed E-state index contributed by atoms with van der Waals surface area (Å²) in [6.45, 7) is 6.22. The minimum atomic E-state index is -0.612. The van der Waals surface area contributed by atoms with Crippen molar-refractivity contribution in [2.75, 3.05) is 0 Å². The Morgan fingerprint density at radius 2 is 1.53 bits per heavy atom. The van der Waals surface area contributed by atoms with Crippen molar-refractivity contribution in [1.29, 1.82) is 0 Å². The third-order valence-electron chi connectivity index (χ3n) is 7.04. The first-order valence-electron chi connectivity index (χ1n) is 12.7. The Morgan fingerprint density at radius 1 is 0.789 bits per heavy atom. The molecule has 0 radical (unpaired) electrons. The molecule has 0 bridgehead atoms. The number of aryl methyl sites for hydroxylation is 3. The van der Waals surface area contributed by atoms with Gasteiger partial charge in [0.1, 0.15) is 17.1 Å². The molecule has 1 atom stereocenters. The van der Waals surface area contributed by atoms with Crippen LogP contribution in [0.5, 0.6) is 11.5 Å². The van der Waals surface area contributed by atoms with Crippen LogP contribution in [-0.2, 0) is 6.54 Å². The molecule has 4 aromatic carbocycles. The first-order chi connectivity index (χ1) is 18.4. The lowest BCUT2D eigenvalue weighted by Gasteiger charge is -2.25. The summed E-state index contributed by atoms with van der Waals surface area (Å²) < 4.78 is 12.3. The van der Waals surface area contributed by atoms with Gasteiger partial charge < -0.3 is 14.1 Å². The number of ether oxygens (including phenoxy) is 1. The molecule has 0 N–H and O–H groups in total. The predicted octanol–water partition coefficient (Wildman–Crippen LogP) is 7.26. The Morgan fingerprint density at radius 3 is 2.29 bits per heavy atom. The smallest absolute Gasteiger partial charge is 0.291 e. The fraction of sp³-hybridized carbons (Fsp3) is 0.152. The molecule has 1 amide bonds. The standard InChI is InChI=1S/C33H27NO4/c1-20-12-14-23(15-13-20)19-34-30(24-8-7-11-26(18-24)37-25-9-5-4-6-10-25)29-31(35)28-22(3)16-21(2)17-27(28)38-32(29)33(34)36/h4-18,30H,19H2,1-3H3.